The lowest BCUT2D eigenvalue weighted by atomic mass is 10.0. The highest BCUT2D eigenvalue weighted by atomic mass is 16.2. The van der Waals surface area contributed by atoms with E-state index in [-0.39, 0.29) is 11.4 Å². The van der Waals surface area contributed by atoms with E-state index in [4.69, 9.17) is 5.73 Å². The molecule has 0 aromatic carbocycles. The number of carbonyl (C=O) groups excluding carboxylic acids is 1. The van der Waals surface area contributed by atoms with Crippen LogP contribution < -0.4 is 5.73 Å². The Morgan fingerprint density at radius 3 is 2.55 bits per heavy atom. The lowest BCUT2D eigenvalue weighted by molar-refractivity contribution is 0.0426. The van der Waals surface area contributed by atoms with Crippen molar-refractivity contribution in [1.82, 2.24) is 14.8 Å². The minimum atomic E-state index is 0.00237. The van der Waals surface area contributed by atoms with E-state index in [1.165, 1.54) is 0 Å². The van der Waals surface area contributed by atoms with E-state index in [9.17, 15) is 4.79 Å². The topological polar surface area (TPSA) is 62.5 Å². The second-order valence-electron chi connectivity index (χ2n) is 5.98. The molecule has 20 heavy (non-hydrogen) atoms. The molecule has 5 heteroatoms. The quantitative estimate of drug-likeness (QED) is 0.890. The van der Waals surface area contributed by atoms with Crippen molar-refractivity contribution in [2.24, 2.45) is 5.73 Å². The molecule has 1 aliphatic heterocycles. The van der Waals surface area contributed by atoms with E-state index in [0.29, 0.717) is 6.54 Å². The third kappa shape index (κ3) is 3.16. The van der Waals surface area contributed by atoms with Crippen molar-refractivity contribution < 1.29 is 4.79 Å². The fourth-order valence-corrected chi connectivity index (χ4v) is 2.51. The molecule has 1 amide bonds. The number of piperazine rings is 1. The molecule has 5 nitrogen and oxygen atoms in total. The maximum absolute atomic E-state index is 12.4. The van der Waals surface area contributed by atoms with Crippen LogP contribution >= 0.6 is 0 Å². The third-order valence-corrected chi connectivity index (χ3v) is 4.07. The second-order valence-corrected chi connectivity index (χ2v) is 5.98. The van der Waals surface area contributed by atoms with Gasteiger partial charge in [0.25, 0.3) is 5.91 Å². The van der Waals surface area contributed by atoms with E-state index in [0.717, 1.165) is 37.4 Å². The van der Waals surface area contributed by atoms with Crippen LogP contribution in [-0.2, 0) is 0 Å². The minimum Gasteiger partial charge on any atom is -0.336 e. The Balaban J connectivity index is 1.99. The molecular weight excluding hydrogens is 252 g/mol. The number of aryl methyl sites for hydroxylation is 1. The molecule has 110 valence electrons. The van der Waals surface area contributed by atoms with Gasteiger partial charge in [0.15, 0.2) is 0 Å². The molecule has 1 saturated heterocycles. The summed E-state index contributed by atoms with van der Waals surface area (Å²) in [6.07, 6.45) is 1.69. The Morgan fingerprint density at radius 2 is 2.00 bits per heavy atom. The maximum atomic E-state index is 12.4. The molecule has 1 aliphatic rings. The molecule has 0 atom stereocenters. The Morgan fingerprint density at radius 1 is 1.35 bits per heavy atom. The summed E-state index contributed by atoms with van der Waals surface area (Å²) in [5.41, 5.74) is 7.41. The zero-order valence-corrected chi connectivity index (χ0v) is 12.6. The highest BCUT2D eigenvalue weighted by molar-refractivity contribution is 5.94. The van der Waals surface area contributed by atoms with Crippen molar-refractivity contribution in [3.8, 4) is 0 Å². The molecule has 0 radical (unpaired) electrons. The number of hydrogen-bond donors (Lipinski definition) is 1. The van der Waals surface area contributed by atoms with Gasteiger partial charge in [-0.05, 0) is 32.9 Å². The van der Waals surface area contributed by atoms with E-state index in [1.54, 1.807) is 12.3 Å². The minimum absolute atomic E-state index is 0.00237. The molecule has 0 aliphatic carbocycles. The number of rotatable bonds is 3. The molecule has 0 bridgehead atoms. The average Bonchev–Trinajstić information content (AvgIpc) is 2.46. The highest BCUT2D eigenvalue weighted by Gasteiger charge is 2.30. The first-order valence-electron chi connectivity index (χ1n) is 7.11. The first-order valence-corrected chi connectivity index (χ1v) is 7.11. The van der Waals surface area contributed by atoms with Crippen molar-refractivity contribution in [3.05, 3.63) is 29.6 Å². The van der Waals surface area contributed by atoms with Crippen LogP contribution in [-0.4, -0.2) is 59.0 Å². The van der Waals surface area contributed by atoms with Gasteiger partial charge in [0, 0.05) is 55.7 Å². The van der Waals surface area contributed by atoms with Crippen molar-refractivity contribution in [2.75, 3.05) is 32.7 Å². The van der Waals surface area contributed by atoms with Crippen molar-refractivity contribution in [1.29, 1.82) is 0 Å². The second kappa shape index (κ2) is 5.89. The van der Waals surface area contributed by atoms with Gasteiger partial charge in [-0.1, -0.05) is 0 Å². The predicted molar refractivity (Wildman–Crippen MR) is 79.6 cm³/mol. The van der Waals surface area contributed by atoms with Gasteiger partial charge in [-0.25, -0.2) is 0 Å². The van der Waals surface area contributed by atoms with Gasteiger partial charge in [-0.15, -0.1) is 0 Å². The smallest absolute Gasteiger partial charge is 0.254 e. The largest absolute Gasteiger partial charge is 0.336 e. The van der Waals surface area contributed by atoms with Crippen molar-refractivity contribution >= 4 is 5.91 Å². The standard InChI is InChI=1S/C15H24N4O/c1-12-10-13(4-5-17-12)14(20)18-6-8-19(9-7-18)15(2,3)11-16/h4-5,10H,6-9,11,16H2,1-3H3. The molecule has 1 aromatic rings. The van der Waals surface area contributed by atoms with E-state index < -0.39 is 0 Å². The molecule has 1 fully saturated rings. The Bertz CT molecular complexity index is 479. The highest BCUT2D eigenvalue weighted by Crippen LogP contribution is 2.17. The summed E-state index contributed by atoms with van der Waals surface area (Å²) in [7, 11) is 0. The molecule has 1 aromatic heterocycles. The molecule has 0 spiro atoms. The summed E-state index contributed by atoms with van der Waals surface area (Å²) in [5.74, 6) is 0.0979. The Labute approximate surface area is 120 Å². The molecule has 2 heterocycles. The van der Waals surface area contributed by atoms with Gasteiger partial charge in [0.05, 0.1) is 0 Å². The molecular formula is C15H24N4O. The maximum Gasteiger partial charge on any atom is 0.254 e. The van der Waals surface area contributed by atoms with Crippen LogP contribution in [0.3, 0.4) is 0 Å². The Hall–Kier alpha value is -1.46. The van der Waals surface area contributed by atoms with Crippen molar-refractivity contribution in [2.45, 2.75) is 26.3 Å². The summed E-state index contributed by atoms with van der Waals surface area (Å²) in [6.45, 7) is 10.1. The first kappa shape index (κ1) is 14.9. The normalized spacial score (nSPS) is 17.3. The summed E-state index contributed by atoms with van der Waals surface area (Å²) >= 11 is 0. The summed E-state index contributed by atoms with van der Waals surface area (Å²) in [4.78, 5) is 20.8. The lowest BCUT2D eigenvalue weighted by Gasteiger charge is -2.43. The number of aromatic nitrogens is 1. The zero-order valence-electron chi connectivity index (χ0n) is 12.6. The van der Waals surface area contributed by atoms with E-state index >= 15 is 0 Å². The number of nitrogens with zero attached hydrogens (tertiary/aromatic N) is 3. The molecule has 2 rings (SSSR count). The summed E-state index contributed by atoms with van der Waals surface area (Å²) < 4.78 is 0. The van der Waals surface area contributed by atoms with Gasteiger partial charge in [0.1, 0.15) is 0 Å². The summed E-state index contributed by atoms with van der Waals surface area (Å²) in [5, 5.41) is 0. The van der Waals surface area contributed by atoms with Gasteiger partial charge < -0.3 is 10.6 Å². The zero-order chi connectivity index (χ0) is 14.8. The van der Waals surface area contributed by atoms with Crippen LogP contribution in [0.4, 0.5) is 0 Å². The number of carbonyl (C=O) groups is 1. The van der Waals surface area contributed by atoms with Crippen LogP contribution in [0.15, 0.2) is 18.3 Å². The fraction of sp³-hybridized carbons (Fsp3) is 0.600. The predicted octanol–water partition coefficient (Wildman–Crippen LogP) is 0.885. The molecule has 2 N–H and O–H groups in total. The number of hydrogen-bond acceptors (Lipinski definition) is 4. The SMILES string of the molecule is Cc1cc(C(=O)N2CCN(C(C)(C)CN)CC2)ccn1. The monoisotopic (exact) mass is 276 g/mol. The van der Waals surface area contributed by atoms with Crippen LogP contribution in [0, 0.1) is 6.92 Å². The summed E-state index contributed by atoms with van der Waals surface area (Å²) in [6, 6.07) is 3.63. The molecule has 0 unspecified atom stereocenters. The average molecular weight is 276 g/mol. The van der Waals surface area contributed by atoms with Gasteiger partial charge in [-0.3, -0.25) is 14.7 Å². The first-order chi connectivity index (χ1) is 9.44. The fourth-order valence-electron chi connectivity index (χ4n) is 2.51. The van der Waals surface area contributed by atoms with Gasteiger partial charge in [-0.2, -0.15) is 0 Å². The number of pyridine rings is 1. The Kier molecular flexibility index (Phi) is 4.40. The third-order valence-electron chi connectivity index (χ3n) is 4.07. The molecule has 0 saturated carbocycles. The van der Waals surface area contributed by atoms with Crippen LogP contribution in [0.1, 0.15) is 29.9 Å². The van der Waals surface area contributed by atoms with Crippen LogP contribution in [0.5, 0.6) is 0 Å². The van der Waals surface area contributed by atoms with E-state index in [1.807, 2.05) is 17.9 Å². The lowest BCUT2D eigenvalue weighted by Crippen LogP contribution is -2.58. The van der Waals surface area contributed by atoms with Gasteiger partial charge >= 0.3 is 0 Å². The van der Waals surface area contributed by atoms with Crippen molar-refractivity contribution in [3.63, 3.8) is 0 Å². The van der Waals surface area contributed by atoms with E-state index in [2.05, 4.69) is 23.7 Å². The van der Waals surface area contributed by atoms with Crippen LogP contribution in [0.2, 0.25) is 0 Å². The number of amides is 1. The van der Waals surface area contributed by atoms with Crippen LogP contribution in [0.25, 0.3) is 0 Å². The number of nitrogens with two attached hydrogens (primary N) is 1. The van der Waals surface area contributed by atoms with Gasteiger partial charge in [0.2, 0.25) is 0 Å².